The Kier molecular flexibility index (Phi) is 2.11. The lowest BCUT2D eigenvalue weighted by Crippen LogP contribution is -2.30. The molecule has 2 aromatic rings. The van der Waals surface area contributed by atoms with Gasteiger partial charge >= 0.3 is 0 Å². The molecular formula is C12H12N2OS. The molecule has 1 aliphatic rings. The van der Waals surface area contributed by atoms with Crippen LogP contribution in [0.2, 0.25) is 0 Å². The second-order valence-corrected chi connectivity index (χ2v) is 4.30. The fourth-order valence-electron chi connectivity index (χ4n) is 2.20. The smallest absolute Gasteiger partial charge is 0.123 e. The zero-order valence-corrected chi connectivity index (χ0v) is 9.78. The van der Waals surface area contributed by atoms with Crippen LogP contribution in [0.3, 0.4) is 0 Å². The molecule has 16 heavy (non-hydrogen) atoms. The summed E-state index contributed by atoms with van der Waals surface area (Å²) < 4.78 is 5.25. The Morgan fingerprint density at radius 2 is 2.25 bits per heavy atom. The quantitative estimate of drug-likeness (QED) is 0.738. The maximum absolute atomic E-state index is 5.29. The number of nitrogens with one attached hydrogen (secondary N) is 2. The molecule has 0 radical (unpaired) electrons. The van der Waals surface area contributed by atoms with Crippen LogP contribution in [0, 0.1) is 0 Å². The fraction of sp³-hybridized carbons (Fsp3) is 0.250. The molecule has 4 heteroatoms. The summed E-state index contributed by atoms with van der Waals surface area (Å²) in [5.41, 5.74) is 3.49. The van der Waals surface area contributed by atoms with Gasteiger partial charge in [0.25, 0.3) is 0 Å². The zero-order chi connectivity index (χ0) is 11.1. The van der Waals surface area contributed by atoms with Crippen molar-refractivity contribution in [3.8, 4) is 5.75 Å². The summed E-state index contributed by atoms with van der Waals surface area (Å²) in [5.74, 6) is 0.888. The van der Waals surface area contributed by atoms with Crippen LogP contribution >= 0.6 is 12.2 Å². The first-order valence-corrected chi connectivity index (χ1v) is 5.67. The summed E-state index contributed by atoms with van der Waals surface area (Å²) in [6, 6.07) is 6.06. The SMILES string of the molecule is COc1ccc2[nH]c3c(c2c1)CCNC3=S. The van der Waals surface area contributed by atoms with Crippen molar-refractivity contribution in [3.63, 3.8) is 0 Å². The zero-order valence-electron chi connectivity index (χ0n) is 8.96. The monoisotopic (exact) mass is 232 g/mol. The van der Waals surface area contributed by atoms with E-state index >= 15 is 0 Å². The van der Waals surface area contributed by atoms with Gasteiger partial charge in [-0.1, -0.05) is 12.2 Å². The number of aromatic nitrogens is 1. The van der Waals surface area contributed by atoms with E-state index in [1.165, 1.54) is 10.9 Å². The van der Waals surface area contributed by atoms with Crippen molar-refractivity contribution >= 4 is 28.1 Å². The van der Waals surface area contributed by atoms with Crippen LogP contribution in [0.15, 0.2) is 18.2 Å². The van der Waals surface area contributed by atoms with E-state index in [9.17, 15) is 0 Å². The third-order valence-corrected chi connectivity index (χ3v) is 3.35. The van der Waals surface area contributed by atoms with Gasteiger partial charge in [-0.05, 0) is 30.2 Å². The van der Waals surface area contributed by atoms with Gasteiger partial charge in [0, 0.05) is 17.4 Å². The molecule has 3 nitrogen and oxygen atoms in total. The highest BCUT2D eigenvalue weighted by atomic mass is 32.1. The number of methoxy groups -OCH3 is 1. The van der Waals surface area contributed by atoms with Crippen molar-refractivity contribution in [2.24, 2.45) is 0 Å². The molecule has 3 rings (SSSR count). The van der Waals surface area contributed by atoms with Gasteiger partial charge in [0.05, 0.1) is 12.8 Å². The average Bonchev–Trinajstić information content (AvgIpc) is 2.68. The van der Waals surface area contributed by atoms with Crippen LogP contribution in [0.25, 0.3) is 10.9 Å². The largest absolute Gasteiger partial charge is 0.497 e. The molecule has 82 valence electrons. The highest BCUT2D eigenvalue weighted by Crippen LogP contribution is 2.28. The van der Waals surface area contributed by atoms with Gasteiger partial charge in [0.1, 0.15) is 10.7 Å². The lowest BCUT2D eigenvalue weighted by atomic mass is 10.0. The van der Waals surface area contributed by atoms with Crippen LogP contribution in [-0.4, -0.2) is 23.6 Å². The molecule has 2 heterocycles. The molecule has 0 amide bonds. The number of H-pyrrole nitrogens is 1. The van der Waals surface area contributed by atoms with Crippen molar-refractivity contribution in [2.75, 3.05) is 13.7 Å². The number of aromatic amines is 1. The Bertz CT molecular complexity index is 574. The number of fused-ring (bicyclic) bond motifs is 3. The summed E-state index contributed by atoms with van der Waals surface area (Å²) in [6.45, 7) is 0.913. The Labute approximate surface area is 98.8 Å². The van der Waals surface area contributed by atoms with Gasteiger partial charge in [0.15, 0.2) is 0 Å². The van der Waals surface area contributed by atoms with E-state index in [4.69, 9.17) is 17.0 Å². The fourth-order valence-corrected chi connectivity index (χ4v) is 2.47. The first-order valence-electron chi connectivity index (χ1n) is 5.26. The first-order chi connectivity index (χ1) is 7.79. The van der Waals surface area contributed by atoms with E-state index in [-0.39, 0.29) is 0 Å². The molecule has 0 bridgehead atoms. The molecule has 2 N–H and O–H groups in total. The van der Waals surface area contributed by atoms with E-state index in [1.807, 2.05) is 12.1 Å². The number of hydrogen-bond acceptors (Lipinski definition) is 2. The maximum atomic E-state index is 5.29. The molecule has 0 aliphatic carbocycles. The van der Waals surface area contributed by atoms with Crippen molar-refractivity contribution in [1.82, 2.24) is 10.3 Å². The summed E-state index contributed by atoms with van der Waals surface area (Å²) in [5, 5.41) is 4.42. The third-order valence-electron chi connectivity index (χ3n) is 3.00. The number of hydrogen-bond donors (Lipinski definition) is 2. The number of ether oxygens (including phenoxy) is 1. The minimum atomic E-state index is 0.816. The van der Waals surface area contributed by atoms with Crippen LogP contribution in [0.1, 0.15) is 11.3 Å². The van der Waals surface area contributed by atoms with Crippen LogP contribution in [0.4, 0.5) is 0 Å². The van der Waals surface area contributed by atoms with Crippen molar-refractivity contribution < 1.29 is 4.74 Å². The molecule has 0 unspecified atom stereocenters. The minimum Gasteiger partial charge on any atom is -0.497 e. The normalized spacial score (nSPS) is 14.7. The number of thiocarbonyl (C=S) groups is 1. The second kappa shape index (κ2) is 3.49. The van der Waals surface area contributed by atoms with E-state index in [1.54, 1.807) is 7.11 Å². The predicted octanol–water partition coefficient (Wildman–Crippen LogP) is 2.00. The molecule has 1 aromatic heterocycles. The van der Waals surface area contributed by atoms with Gasteiger partial charge in [0.2, 0.25) is 0 Å². The molecule has 0 saturated carbocycles. The lowest BCUT2D eigenvalue weighted by molar-refractivity contribution is 0.415. The predicted molar refractivity (Wildman–Crippen MR) is 68.3 cm³/mol. The Morgan fingerprint density at radius 3 is 3.06 bits per heavy atom. The van der Waals surface area contributed by atoms with Crippen LogP contribution in [0.5, 0.6) is 5.75 Å². The molecule has 1 aromatic carbocycles. The van der Waals surface area contributed by atoms with Gasteiger partial charge in [-0.2, -0.15) is 0 Å². The third kappa shape index (κ3) is 1.30. The van der Waals surface area contributed by atoms with E-state index < -0.39 is 0 Å². The van der Waals surface area contributed by atoms with Crippen LogP contribution in [-0.2, 0) is 6.42 Å². The molecule has 0 spiro atoms. The van der Waals surface area contributed by atoms with Gasteiger partial charge in [-0.15, -0.1) is 0 Å². The standard InChI is InChI=1S/C12H12N2OS/c1-15-7-2-3-10-9(6-7)8-4-5-13-12(16)11(8)14-10/h2-3,6,14H,4-5H2,1H3,(H,13,16). The Hall–Kier alpha value is -1.55. The molecule has 1 aliphatic heterocycles. The summed E-state index contributed by atoms with van der Waals surface area (Å²) >= 11 is 5.29. The molecule has 0 atom stereocenters. The van der Waals surface area contributed by atoms with E-state index in [0.29, 0.717) is 0 Å². The second-order valence-electron chi connectivity index (χ2n) is 3.90. The summed E-state index contributed by atoms with van der Waals surface area (Å²) in [4.78, 5) is 4.17. The van der Waals surface area contributed by atoms with E-state index in [2.05, 4.69) is 16.4 Å². The van der Waals surface area contributed by atoms with Gasteiger partial charge in [-0.25, -0.2) is 0 Å². The Balaban J connectivity index is 2.29. The summed E-state index contributed by atoms with van der Waals surface area (Å²) in [6.07, 6.45) is 1.00. The highest BCUT2D eigenvalue weighted by molar-refractivity contribution is 7.80. The highest BCUT2D eigenvalue weighted by Gasteiger charge is 2.18. The minimum absolute atomic E-state index is 0.816. The van der Waals surface area contributed by atoms with Crippen molar-refractivity contribution in [3.05, 3.63) is 29.5 Å². The van der Waals surface area contributed by atoms with Gasteiger partial charge in [-0.3, -0.25) is 0 Å². The van der Waals surface area contributed by atoms with Gasteiger partial charge < -0.3 is 15.0 Å². The molecule has 0 saturated heterocycles. The number of rotatable bonds is 1. The molecular weight excluding hydrogens is 220 g/mol. The Morgan fingerprint density at radius 1 is 1.38 bits per heavy atom. The summed E-state index contributed by atoms with van der Waals surface area (Å²) in [7, 11) is 1.69. The van der Waals surface area contributed by atoms with Crippen LogP contribution < -0.4 is 10.1 Å². The topological polar surface area (TPSA) is 37.0 Å². The number of benzene rings is 1. The van der Waals surface area contributed by atoms with E-state index in [0.717, 1.165) is 34.9 Å². The maximum Gasteiger partial charge on any atom is 0.123 e. The van der Waals surface area contributed by atoms with Crippen molar-refractivity contribution in [2.45, 2.75) is 6.42 Å². The lowest BCUT2D eigenvalue weighted by Gasteiger charge is -2.14. The average molecular weight is 232 g/mol. The van der Waals surface area contributed by atoms with Crippen molar-refractivity contribution in [1.29, 1.82) is 0 Å². The molecule has 0 fully saturated rings. The first kappa shape index (κ1) is 9.66.